The zero-order valence-corrected chi connectivity index (χ0v) is 9.24. The van der Waals surface area contributed by atoms with Gasteiger partial charge in [-0.25, -0.2) is 4.79 Å². The summed E-state index contributed by atoms with van der Waals surface area (Å²) in [6, 6.07) is 5.28. The van der Waals surface area contributed by atoms with Gasteiger partial charge in [-0.1, -0.05) is 0 Å². The summed E-state index contributed by atoms with van der Waals surface area (Å²) in [5, 5.41) is 1.76. The van der Waals surface area contributed by atoms with Crippen LogP contribution in [0, 0.1) is 0 Å². The molecule has 0 saturated carbocycles. The van der Waals surface area contributed by atoms with Crippen molar-refractivity contribution >= 4 is 23.0 Å². The molecule has 0 aromatic carbocycles. The average molecular weight is 234 g/mol. The molecule has 2 rings (SSSR count). The van der Waals surface area contributed by atoms with E-state index in [0.717, 1.165) is 5.56 Å². The van der Waals surface area contributed by atoms with Crippen molar-refractivity contribution in [2.45, 2.75) is 6.61 Å². The van der Waals surface area contributed by atoms with Crippen LogP contribution in [0.5, 0.6) is 0 Å². The van der Waals surface area contributed by atoms with Crippen molar-refractivity contribution in [2.24, 2.45) is 0 Å². The summed E-state index contributed by atoms with van der Waals surface area (Å²) >= 11 is 1.28. The third kappa shape index (κ3) is 2.38. The monoisotopic (exact) mass is 234 g/mol. The molecule has 0 radical (unpaired) electrons. The van der Waals surface area contributed by atoms with E-state index >= 15 is 0 Å². The van der Waals surface area contributed by atoms with Crippen molar-refractivity contribution in [2.75, 3.05) is 5.73 Å². The molecular weight excluding hydrogens is 224 g/mol. The van der Waals surface area contributed by atoms with Gasteiger partial charge in [0.2, 0.25) is 0 Å². The summed E-state index contributed by atoms with van der Waals surface area (Å²) in [4.78, 5) is 15.9. The molecule has 2 aromatic rings. The van der Waals surface area contributed by atoms with E-state index in [0.29, 0.717) is 10.6 Å². The first-order chi connectivity index (χ1) is 7.77. The fourth-order valence-electron chi connectivity index (χ4n) is 1.18. The molecular formula is C11H10N2O2S. The minimum Gasteiger partial charge on any atom is -0.457 e. The zero-order chi connectivity index (χ0) is 11.4. The number of thiophene rings is 1. The zero-order valence-electron chi connectivity index (χ0n) is 8.42. The molecule has 2 aromatic heterocycles. The number of rotatable bonds is 3. The van der Waals surface area contributed by atoms with Gasteiger partial charge in [-0.2, -0.15) is 0 Å². The third-order valence-electron chi connectivity index (χ3n) is 2.00. The van der Waals surface area contributed by atoms with Crippen LogP contribution in [0.4, 0.5) is 5.69 Å². The Labute approximate surface area is 96.7 Å². The molecule has 0 amide bonds. The second kappa shape index (κ2) is 4.76. The lowest BCUT2D eigenvalue weighted by Crippen LogP contribution is -2.05. The number of anilines is 1. The van der Waals surface area contributed by atoms with Gasteiger partial charge < -0.3 is 10.5 Å². The van der Waals surface area contributed by atoms with E-state index < -0.39 is 0 Å². The highest BCUT2D eigenvalue weighted by Gasteiger charge is 2.12. The Morgan fingerprint density at radius 2 is 2.12 bits per heavy atom. The number of nitrogens with zero attached hydrogens (tertiary/aromatic N) is 1. The first-order valence-corrected chi connectivity index (χ1v) is 5.54. The van der Waals surface area contributed by atoms with Crippen molar-refractivity contribution in [3.63, 3.8) is 0 Å². The summed E-state index contributed by atoms with van der Waals surface area (Å²) < 4.78 is 5.12. The Bertz CT molecular complexity index is 482. The Morgan fingerprint density at radius 3 is 2.75 bits per heavy atom. The number of nitrogens with two attached hydrogens (primary N) is 1. The van der Waals surface area contributed by atoms with Gasteiger partial charge >= 0.3 is 5.97 Å². The molecule has 0 bridgehead atoms. The summed E-state index contributed by atoms with van der Waals surface area (Å²) in [5.41, 5.74) is 6.97. The molecule has 4 nitrogen and oxygen atoms in total. The van der Waals surface area contributed by atoms with Crippen LogP contribution < -0.4 is 5.73 Å². The van der Waals surface area contributed by atoms with Gasteiger partial charge in [-0.05, 0) is 29.1 Å². The van der Waals surface area contributed by atoms with Crippen LogP contribution in [0.2, 0.25) is 0 Å². The van der Waals surface area contributed by atoms with Crippen LogP contribution in [0.3, 0.4) is 0 Å². The Hall–Kier alpha value is -1.88. The number of carbonyl (C=O) groups is 1. The first-order valence-electron chi connectivity index (χ1n) is 4.66. The largest absolute Gasteiger partial charge is 0.457 e. The number of hydrogen-bond acceptors (Lipinski definition) is 5. The molecule has 16 heavy (non-hydrogen) atoms. The number of ether oxygens (including phenoxy) is 1. The van der Waals surface area contributed by atoms with Crippen LogP contribution in [0.15, 0.2) is 36.0 Å². The Balaban J connectivity index is 1.97. The molecule has 0 fully saturated rings. The second-order valence-corrected chi connectivity index (χ2v) is 4.05. The lowest BCUT2D eigenvalue weighted by molar-refractivity contribution is 0.0479. The molecule has 2 heterocycles. The fourth-order valence-corrected chi connectivity index (χ4v) is 1.89. The molecule has 0 atom stereocenters. The van der Waals surface area contributed by atoms with Crippen LogP contribution in [0.1, 0.15) is 15.2 Å². The number of aromatic nitrogens is 1. The lowest BCUT2D eigenvalue weighted by atomic mass is 10.3. The Kier molecular flexibility index (Phi) is 3.16. The van der Waals surface area contributed by atoms with Crippen LogP contribution in [-0.2, 0) is 11.3 Å². The normalized spacial score (nSPS) is 10.0. The molecule has 5 heteroatoms. The summed E-state index contributed by atoms with van der Waals surface area (Å²) in [7, 11) is 0. The van der Waals surface area contributed by atoms with E-state index in [1.165, 1.54) is 11.3 Å². The minimum absolute atomic E-state index is 0.235. The maximum absolute atomic E-state index is 11.6. The highest BCUT2D eigenvalue weighted by Crippen LogP contribution is 2.20. The number of hydrogen-bond donors (Lipinski definition) is 1. The van der Waals surface area contributed by atoms with E-state index in [1.54, 1.807) is 36.0 Å². The highest BCUT2D eigenvalue weighted by atomic mass is 32.1. The molecule has 0 saturated heterocycles. The topological polar surface area (TPSA) is 65.2 Å². The number of carbonyl (C=O) groups excluding carboxylic acids is 1. The van der Waals surface area contributed by atoms with Crippen LogP contribution in [0.25, 0.3) is 0 Å². The van der Waals surface area contributed by atoms with E-state index in [-0.39, 0.29) is 12.6 Å². The van der Waals surface area contributed by atoms with E-state index in [9.17, 15) is 4.79 Å². The van der Waals surface area contributed by atoms with Crippen molar-refractivity contribution in [1.82, 2.24) is 4.98 Å². The minimum atomic E-state index is -0.385. The average Bonchev–Trinajstić information content (AvgIpc) is 2.74. The first kappa shape index (κ1) is 10.6. The quantitative estimate of drug-likeness (QED) is 0.826. The van der Waals surface area contributed by atoms with Gasteiger partial charge in [-0.3, -0.25) is 4.98 Å². The Morgan fingerprint density at radius 1 is 1.38 bits per heavy atom. The van der Waals surface area contributed by atoms with Gasteiger partial charge in [0.05, 0.1) is 5.69 Å². The molecule has 0 spiro atoms. The van der Waals surface area contributed by atoms with Gasteiger partial charge in [0.1, 0.15) is 11.5 Å². The van der Waals surface area contributed by atoms with Crippen molar-refractivity contribution < 1.29 is 9.53 Å². The van der Waals surface area contributed by atoms with Crippen LogP contribution >= 0.6 is 11.3 Å². The molecule has 0 aliphatic heterocycles. The number of pyridine rings is 1. The third-order valence-corrected chi connectivity index (χ3v) is 2.91. The van der Waals surface area contributed by atoms with E-state index in [4.69, 9.17) is 10.5 Å². The van der Waals surface area contributed by atoms with E-state index in [1.807, 2.05) is 0 Å². The molecule has 0 aliphatic rings. The fraction of sp³-hybridized carbons (Fsp3) is 0.0909. The molecule has 2 N–H and O–H groups in total. The predicted octanol–water partition coefficient (Wildman–Crippen LogP) is 2.08. The van der Waals surface area contributed by atoms with Gasteiger partial charge in [-0.15, -0.1) is 11.3 Å². The second-order valence-electron chi connectivity index (χ2n) is 3.14. The van der Waals surface area contributed by atoms with Gasteiger partial charge in [0.25, 0.3) is 0 Å². The predicted molar refractivity (Wildman–Crippen MR) is 62.1 cm³/mol. The lowest BCUT2D eigenvalue weighted by Gasteiger charge is -2.03. The number of esters is 1. The van der Waals surface area contributed by atoms with Crippen molar-refractivity contribution in [1.29, 1.82) is 0 Å². The maximum atomic E-state index is 11.6. The molecule has 82 valence electrons. The van der Waals surface area contributed by atoms with E-state index in [2.05, 4.69) is 4.98 Å². The smallest absolute Gasteiger partial charge is 0.350 e. The van der Waals surface area contributed by atoms with Crippen LogP contribution in [-0.4, -0.2) is 11.0 Å². The highest BCUT2D eigenvalue weighted by molar-refractivity contribution is 7.12. The van der Waals surface area contributed by atoms with Crippen molar-refractivity contribution in [3.8, 4) is 0 Å². The van der Waals surface area contributed by atoms with Gasteiger partial charge in [0.15, 0.2) is 0 Å². The standard InChI is InChI=1S/C11H10N2O2S/c12-9-3-6-16-10(9)11(14)15-7-8-1-4-13-5-2-8/h1-6H,7,12H2. The SMILES string of the molecule is Nc1ccsc1C(=O)OCc1ccncc1. The number of nitrogen functional groups attached to an aromatic ring is 1. The molecule has 0 unspecified atom stereocenters. The summed E-state index contributed by atoms with van der Waals surface area (Å²) in [5.74, 6) is -0.385. The summed E-state index contributed by atoms with van der Waals surface area (Å²) in [6.07, 6.45) is 3.31. The summed E-state index contributed by atoms with van der Waals surface area (Å²) in [6.45, 7) is 0.235. The van der Waals surface area contributed by atoms with Gasteiger partial charge in [0, 0.05) is 12.4 Å². The molecule has 0 aliphatic carbocycles. The maximum Gasteiger partial charge on any atom is 0.350 e. The van der Waals surface area contributed by atoms with Crippen molar-refractivity contribution in [3.05, 3.63) is 46.4 Å².